The molecule has 4 nitrogen and oxygen atoms in total. The van der Waals surface area contributed by atoms with E-state index in [1.165, 1.54) is 0 Å². The van der Waals surface area contributed by atoms with E-state index in [2.05, 4.69) is 0 Å². The third-order valence-corrected chi connectivity index (χ3v) is 0. The average Bonchev–Trinajstić information content (AvgIpc) is 0.918. The first-order chi connectivity index (χ1) is 1.41. The minimum atomic E-state index is -1.44. The molecule has 0 saturated heterocycles. The summed E-state index contributed by atoms with van der Waals surface area (Å²) in [5.41, 5.74) is 0. The van der Waals surface area contributed by atoms with Gasteiger partial charge in [-0.1, -0.05) is 0 Å². The fourth-order valence-corrected chi connectivity index (χ4v) is 0. The molecular formula is LiMn2O4-4. The zero-order chi connectivity index (χ0) is 2.71. The molecule has 0 N–H and O–H groups in total. The summed E-state index contributed by atoms with van der Waals surface area (Å²) >= 11 is -1.44. The third kappa shape index (κ3) is 119. The van der Waals surface area contributed by atoms with Crippen LogP contribution in [0.2, 0.25) is 0 Å². The van der Waals surface area contributed by atoms with Crippen LogP contribution in [0.5, 0.6) is 0 Å². The molecular weight excluding hydrogens is 181 g/mol. The van der Waals surface area contributed by atoms with Crippen molar-refractivity contribution in [2.75, 3.05) is 0 Å². The van der Waals surface area contributed by atoms with Crippen molar-refractivity contribution in [2.45, 2.75) is 0 Å². The summed E-state index contributed by atoms with van der Waals surface area (Å²) in [7, 11) is 0. The van der Waals surface area contributed by atoms with Gasteiger partial charge in [0.05, 0.1) is 0 Å². The molecule has 0 unspecified atom stereocenters. The van der Waals surface area contributed by atoms with Crippen LogP contribution in [0, 0.1) is 0 Å². The van der Waals surface area contributed by atoms with Gasteiger partial charge in [0.15, 0.2) is 0 Å². The Bertz CT molecular complexity index is 17.2. The summed E-state index contributed by atoms with van der Waals surface area (Å²) in [5, 5.41) is 0. The second-order valence-electron chi connectivity index (χ2n) is 0.0630. The van der Waals surface area contributed by atoms with Crippen molar-refractivity contribution in [2.24, 2.45) is 0 Å². The zero-order valence-corrected chi connectivity index (χ0v) is 5.75. The fraction of sp³-hybridized carbons (Fsp3) is 0. The second kappa shape index (κ2) is 54.4. The van der Waals surface area contributed by atoms with Crippen LogP contribution in [0.3, 0.4) is 0 Å². The molecule has 0 saturated carbocycles. The molecule has 0 aromatic carbocycles. The fourth-order valence-electron chi connectivity index (χ4n) is 0. The minimum absolute atomic E-state index is 0. The van der Waals surface area contributed by atoms with Crippen LogP contribution in [0.4, 0.5) is 0 Å². The third-order valence-electron chi connectivity index (χ3n) is 0. The quantitative estimate of drug-likeness (QED) is 0.351. The van der Waals surface area contributed by atoms with Gasteiger partial charge in [-0.3, -0.25) is 0 Å². The van der Waals surface area contributed by atoms with Crippen LogP contribution in [-0.2, 0) is 47.1 Å². The molecule has 0 aromatic heterocycles. The van der Waals surface area contributed by atoms with Gasteiger partial charge in [0, 0.05) is 17.1 Å². The van der Waals surface area contributed by atoms with Gasteiger partial charge in [-0.25, -0.2) is 0 Å². The topological polar surface area (TPSA) is 97.1 Å². The Morgan fingerprint density at radius 1 is 1.29 bits per heavy atom. The first-order valence-corrected chi connectivity index (χ1v) is 1.27. The van der Waals surface area contributed by atoms with Crippen molar-refractivity contribution in [3.8, 4) is 0 Å². The first kappa shape index (κ1) is 40.5. The maximum absolute atomic E-state index is 8.41. The van der Waals surface area contributed by atoms with E-state index in [1.54, 1.807) is 0 Å². The SMILES string of the molecule is [Li+].[Mn].[O-2].[O-2].[O]=[Mn][O-]. The van der Waals surface area contributed by atoms with E-state index in [-0.39, 0.29) is 46.9 Å². The number of hydrogen-bond acceptors (Lipinski definition) is 2. The van der Waals surface area contributed by atoms with Crippen molar-refractivity contribution in [1.82, 2.24) is 0 Å². The van der Waals surface area contributed by atoms with Crippen molar-refractivity contribution in [1.29, 1.82) is 0 Å². The standard InChI is InChI=1S/Li.2Mn.4O/q+1;;;;2*-2;-1. The van der Waals surface area contributed by atoms with E-state index in [4.69, 9.17) is 8.02 Å². The van der Waals surface area contributed by atoms with Crippen molar-refractivity contribution in [3.63, 3.8) is 0 Å². The van der Waals surface area contributed by atoms with Crippen LogP contribution >= 0.6 is 0 Å². The van der Waals surface area contributed by atoms with E-state index in [0.29, 0.717) is 0 Å². The second-order valence-corrected chi connectivity index (χ2v) is 0.260. The molecule has 0 fully saturated rings. The number of rotatable bonds is 0. The summed E-state index contributed by atoms with van der Waals surface area (Å²) in [5.74, 6) is 0. The van der Waals surface area contributed by atoms with Gasteiger partial charge in [0.2, 0.25) is 0 Å². The summed E-state index contributed by atoms with van der Waals surface area (Å²) in [6.07, 6.45) is 0. The van der Waals surface area contributed by atoms with E-state index in [9.17, 15) is 0 Å². The Kier molecular flexibility index (Phi) is 315. The molecule has 0 aliphatic carbocycles. The molecule has 0 aliphatic rings. The molecule has 1 radical (unpaired) electrons. The monoisotopic (exact) mass is 181 g/mol. The molecule has 0 rings (SSSR count). The molecule has 0 bridgehead atoms. The summed E-state index contributed by atoms with van der Waals surface area (Å²) in [4.78, 5) is 0. The molecule has 0 spiro atoms. The van der Waals surface area contributed by atoms with Gasteiger partial charge >= 0.3 is 42.1 Å². The Morgan fingerprint density at radius 2 is 1.29 bits per heavy atom. The van der Waals surface area contributed by atoms with Gasteiger partial charge in [-0.15, -0.1) is 0 Å². The average molecular weight is 181 g/mol. The first-order valence-electron chi connectivity index (χ1n) is 0.309. The Labute approximate surface area is 70.0 Å². The summed E-state index contributed by atoms with van der Waals surface area (Å²) in [6, 6.07) is 0. The van der Waals surface area contributed by atoms with E-state index < -0.39 is 15.2 Å². The van der Waals surface area contributed by atoms with Gasteiger partial charge in [-0.05, 0) is 0 Å². The molecule has 0 aromatic rings. The van der Waals surface area contributed by atoms with Crippen LogP contribution in [0.15, 0.2) is 0 Å². The molecule has 43 valence electrons. The Balaban J connectivity index is -0.00000000333. The normalized spacial score (nSPS) is 2.43. The Morgan fingerprint density at radius 3 is 1.29 bits per heavy atom. The molecule has 0 atom stereocenters. The molecule has 7 heavy (non-hydrogen) atoms. The summed E-state index contributed by atoms with van der Waals surface area (Å²) < 4.78 is 16.8. The van der Waals surface area contributed by atoms with Crippen LogP contribution in [0.25, 0.3) is 0 Å². The van der Waals surface area contributed by atoms with E-state index in [1.807, 2.05) is 0 Å². The van der Waals surface area contributed by atoms with Crippen molar-refractivity contribution >= 4 is 0 Å². The van der Waals surface area contributed by atoms with Gasteiger partial charge in [0.1, 0.15) is 0 Å². The summed E-state index contributed by atoms with van der Waals surface area (Å²) in [6.45, 7) is 0. The predicted molar refractivity (Wildman–Crippen MR) is 2.06 cm³/mol. The molecule has 0 amide bonds. The van der Waals surface area contributed by atoms with E-state index >= 15 is 0 Å². The van der Waals surface area contributed by atoms with E-state index in [0.717, 1.165) is 0 Å². The Hall–Kier alpha value is 1.32. The van der Waals surface area contributed by atoms with Crippen molar-refractivity contribution in [3.05, 3.63) is 0 Å². The van der Waals surface area contributed by atoms with Crippen LogP contribution in [-0.4, -0.2) is 0 Å². The van der Waals surface area contributed by atoms with Crippen LogP contribution in [0.1, 0.15) is 0 Å². The van der Waals surface area contributed by atoms with Gasteiger partial charge < -0.3 is 11.0 Å². The zero-order valence-electron chi connectivity index (χ0n) is 3.39. The van der Waals surface area contributed by atoms with Gasteiger partial charge in [-0.2, -0.15) is 0 Å². The van der Waals surface area contributed by atoms with Crippen LogP contribution < -0.4 is 23.0 Å². The molecule has 0 heterocycles. The predicted octanol–water partition coefficient (Wildman–Crippen LogP) is -4.55. The number of hydrogen-bond donors (Lipinski definition) is 0. The van der Waals surface area contributed by atoms with Gasteiger partial charge in [0.25, 0.3) is 0 Å². The maximum atomic E-state index is 8.41. The van der Waals surface area contributed by atoms with Crippen molar-refractivity contribution < 1.29 is 70.1 Å². The molecule has 7 heteroatoms. The molecule has 0 aliphatic heterocycles.